The number of hydrogen-bond acceptors (Lipinski definition) is 4. The van der Waals surface area contributed by atoms with Crippen molar-refractivity contribution in [2.75, 3.05) is 13.6 Å². The largest absolute Gasteiger partial charge is 0.444 e. The molecular formula is C26H35N3O4. The first-order valence-electron chi connectivity index (χ1n) is 11.3. The highest BCUT2D eigenvalue weighted by atomic mass is 16.6. The Hall–Kier alpha value is -3.35. The lowest BCUT2D eigenvalue weighted by molar-refractivity contribution is -0.122. The van der Waals surface area contributed by atoms with Gasteiger partial charge in [0.1, 0.15) is 11.6 Å². The van der Waals surface area contributed by atoms with Gasteiger partial charge in [0.2, 0.25) is 5.91 Å². The van der Waals surface area contributed by atoms with Gasteiger partial charge in [-0.05, 0) is 62.4 Å². The van der Waals surface area contributed by atoms with Crippen LogP contribution < -0.4 is 16.0 Å². The van der Waals surface area contributed by atoms with Crippen LogP contribution in [0, 0.1) is 0 Å². The van der Waals surface area contributed by atoms with E-state index in [0.29, 0.717) is 5.56 Å². The third kappa shape index (κ3) is 8.60. The number of benzene rings is 2. The van der Waals surface area contributed by atoms with Gasteiger partial charge in [-0.25, -0.2) is 4.79 Å². The molecule has 0 spiro atoms. The lowest BCUT2D eigenvalue weighted by atomic mass is 10.0. The van der Waals surface area contributed by atoms with Gasteiger partial charge in [-0.15, -0.1) is 0 Å². The van der Waals surface area contributed by atoms with Crippen molar-refractivity contribution in [1.29, 1.82) is 0 Å². The number of rotatable bonds is 9. The van der Waals surface area contributed by atoms with Gasteiger partial charge in [0, 0.05) is 12.6 Å². The third-order valence-electron chi connectivity index (χ3n) is 4.97. The van der Waals surface area contributed by atoms with Crippen LogP contribution in [-0.4, -0.2) is 43.1 Å². The summed E-state index contributed by atoms with van der Waals surface area (Å²) in [6.45, 7) is 7.32. The molecule has 1 atom stereocenters. The average molecular weight is 454 g/mol. The SMILES string of the molecule is CCCCc1ccc(-c2ccc(C(=O)N[C@@H](CNC(=O)OC(C)(C)C)C(=O)NC)cc2)cc1. The van der Waals surface area contributed by atoms with Crippen LogP contribution in [0.1, 0.15) is 56.5 Å². The highest BCUT2D eigenvalue weighted by Gasteiger charge is 2.23. The van der Waals surface area contributed by atoms with Gasteiger partial charge in [0.25, 0.3) is 5.91 Å². The first-order valence-corrected chi connectivity index (χ1v) is 11.3. The molecule has 178 valence electrons. The second-order valence-corrected chi connectivity index (χ2v) is 8.90. The number of unbranched alkanes of at least 4 members (excludes halogenated alkanes) is 1. The van der Waals surface area contributed by atoms with Crippen LogP contribution in [0.4, 0.5) is 4.79 Å². The molecule has 0 fully saturated rings. The van der Waals surface area contributed by atoms with Crippen molar-refractivity contribution in [3.8, 4) is 11.1 Å². The predicted octanol–water partition coefficient (Wildman–Crippen LogP) is 4.07. The molecule has 0 saturated heterocycles. The summed E-state index contributed by atoms with van der Waals surface area (Å²) >= 11 is 0. The predicted molar refractivity (Wildman–Crippen MR) is 130 cm³/mol. The van der Waals surface area contributed by atoms with Crippen molar-refractivity contribution in [1.82, 2.24) is 16.0 Å². The second kappa shape index (κ2) is 12.0. The molecule has 0 aliphatic heterocycles. The van der Waals surface area contributed by atoms with Crippen LogP contribution in [0.2, 0.25) is 0 Å². The lowest BCUT2D eigenvalue weighted by Crippen LogP contribution is -2.52. The van der Waals surface area contributed by atoms with Crippen molar-refractivity contribution in [2.24, 2.45) is 0 Å². The van der Waals surface area contributed by atoms with E-state index in [0.717, 1.165) is 17.5 Å². The van der Waals surface area contributed by atoms with Gasteiger partial charge < -0.3 is 20.7 Å². The number of likely N-dealkylation sites (N-methyl/N-ethyl adjacent to an activating group) is 1. The van der Waals surface area contributed by atoms with Gasteiger partial charge in [-0.3, -0.25) is 9.59 Å². The molecule has 0 radical (unpaired) electrons. The fraction of sp³-hybridized carbons (Fsp3) is 0.423. The maximum atomic E-state index is 12.7. The van der Waals surface area contributed by atoms with E-state index in [1.807, 2.05) is 12.1 Å². The van der Waals surface area contributed by atoms with Crippen molar-refractivity contribution >= 4 is 17.9 Å². The Bertz CT molecular complexity index is 932. The monoisotopic (exact) mass is 453 g/mol. The first kappa shape index (κ1) is 25.9. The van der Waals surface area contributed by atoms with Crippen molar-refractivity contribution in [3.05, 3.63) is 59.7 Å². The average Bonchev–Trinajstić information content (AvgIpc) is 2.79. The number of carbonyl (C=O) groups is 3. The lowest BCUT2D eigenvalue weighted by Gasteiger charge is -2.22. The Balaban J connectivity index is 2.01. The molecule has 0 saturated carbocycles. The summed E-state index contributed by atoms with van der Waals surface area (Å²) < 4.78 is 5.18. The Kier molecular flexibility index (Phi) is 9.45. The maximum Gasteiger partial charge on any atom is 0.407 e. The van der Waals surface area contributed by atoms with Gasteiger partial charge in [-0.1, -0.05) is 49.7 Å². The number of hydrogen-bond donors (Lipinski definition) is 3. The summed E-state index contributed by atoms with van der Waals surface area (Å²) in [5, 5.41) is 7.69. The van der Waals surface area contributed by atoms with Gasteiger partial charge in [0.15, 0.2) is 0 Å². The summed E-state index contributed by atoms with van der Waals surface area (Å²) in [4.78, 5) is 36.8. The van der Waals surface area contributed by atoms with Crippen molar-refractivity contribution < 1.29 is 19.1 Å². The summed E-state index contributed by atoms with van der Waals surface area (Å²) in [5.41, 5.74) is 3.16. The summed E-state index contributed by atoms with van der Waals surface area (Å²) in [6.07, 6.45) is 2.76. The van der Waals surface area contributed by atoms with E-state index < -0.39 is 29.6 Å². The zero-order chi connectivity index (χ0) is 24.4. The Morgan fingerprint density at radius 1 is 0.939 bits per heavy atom. The first-order chi connectivity index (χ1) is 15.6. The fourth-order valence-electron chi connectivity index (χ4n) is 3.18. The molecule has 7 heteroatoms. The molecule has 7 nitrogen and oxygen atoms in total. The third-order valence-corrected chi connectivity index (χ3v) is 4.97. The van der Waals surface area contributed by atoms with E-state index >= 15 is 0 Å². The molecule has 2 rings (SSSR count). The van der Waals surface area contributed by atoms with Crippen molar-refractivity contribution in [3.63, 3.8) is 0 Å². The maximum absolute atomic E-state index is 12.7. The van der Waals surface area contributed by atoms with Crippen LogP contribution in [0.5, 0.6) is 0 Å². The van der Waals surface area contributed by atoms with Crippen LogP contribution >= 0.6 is 0 Å². The summed E-state index contributed by atoms with van der Waals surface area (Å²) in [5.74, 6) is -0.824. The standard InChI is InChI=1S/C26H35N3O4/c1-6-7-8-18-9-11-19(12-10-18)20-13-15-21(16-14-20)23(30)29-22(24(31)27-5)17-28-25(32)33-26(2,3)4/h9-16,22H,6-8,17H2,1-5H3,(H,27,31)(H,28,32)(H,29,30)/t22-/m0/s1. The van der Waals surface area contributed by atoms with Crippen molar-refractivity contribution in [2.45, 2.75) is 58.6 Å². The quantitative estimate of drug-likeness (QED) is 0.533. The summed E-state index contributed by atoms with van der Waals surface area (Å²) in [7, 11) is 1.47. The number of amides is 3. The van der Waals surface area contributed by atoms with Gasteiger partial charge >= 0.3 is 6.09 Å². The smallest absolute Gasteiger partial charge is 0.407 e. The van der Waals surface area contributed by atoms with E-state index in [2.05, 4.69) is 47.1 Å². The minimum atomic E-state index is -0.939. The number of carbonyl (C=O) groups excluding carboxylic acids is 3. The van der Waals surface area contributed by atoms with E-state index in [-0.39, 0.29) is 6.54 Å². The van der Waals surface area contributed by atoms with Gasteiger partial charge in [-0.2, -0.15) is 0 Å². The van der Waals surface area contributed by atoms with E-state index in [9.17, 15) is 14.4 Å². The highest BCUT2D eigenvalue weighted by Crippen LogP contribution is 2.21. The molecule has 0 aliphatic rings. The molecule has 0 aliphatic carbocycles. The minimum absolute atomic E-state index is 0.0945. The number of nitrogens with one attached hydrogen (secondary N) is 3. The molecule has 33 heavy (non-hydrogen) atoms. The second-order valence-electron chi connectivity index (χ2n) is 8.90. The number of ether oxygens (including phenoxy) is 1. The highest BCUT2D eigenvalue weighted by molar-refractivity contribution is 5.98. The van der Waals surface area contributed by atoms with Crippen LogP contribution in [0.3, 0.4) is 0 Å². The van der Waals surface area contributed by atoms with Crippen LogP contribution in [0.15, 0.2) is 48.5 Å². The molecule has 0 aromatic heterocycles. The molecule has 2 aromatic rings. The fourth-order valence-corrected chi connectivity index (χ4v) is 3.18. The number of aryl methyl sites for hydroxylation is 1. The molecule has 0 bridgehead atoms. The number of alkyl carbamates (subject to hydrolysis) is 1. The molecule has 3 amide bonds. The molecule has 0 heterocycles. The van der Waals surface area contributed by atoms with E-state index in [1.54, 1.807) is 32.9 Å². The van der Waals surface area contributed by atoms with Gasteiger partial charge in [0.05, 0.1) is 6.54 Å². The zero-order valence-electron chi connectivity index (χ0n) is 20.2. The van der Waals surface area contributed by atoms with E-state index in [1.165, 1.54) is 25.5 Å². The zero-order valence-corrected chi connectivity index (χ0v) is 20.2. The molecule has 3 N–H and O–H groups in total. The topological polar surface area (TPSA) is 96.5 Å². The summed E-state index contributed by atoms with van der Waals surface area (Å²) in [6, 6.07) is 14.7. The van der Waals surface area contributed by atoms with Crippen LogP contribution in [0.25, 0.3) is 11.1 Å². The minimum Gasteiger partial charge on any atom is -0.444 e. The molecular weight excluding hydrogens is 418 g/mol. The Morgan fingerprint density at radius 3 is 2.03 bits per heavy atom. The normalized spacial score (nSPS) is 11.9. The van der Waals surface area contributed by atoms with Crippen LogP contribution in [-0.2, 0) is 16.0 Å². The molecule has 2 aromatic carbocycles. The molecule has 0 unspecified atom stereocenters. The Morgan fingerprint density at radius 2 is 1.52 bits per heavy atom. The Labute approximate surface area is 196 Å². The van der Waals surface area contributed by atoms with E-state index in [4.69, 9.17) is 4.74 Å².